The molecule has 1 N–H and O–H groups in total. The van der Waals surface area contributed by atoms with Gasteiger partial charge in [-0.3, -0.25) is 19.5 Å². The maximum absolute atomic E-state index is 13.1. The maximum atomic E-state index is 13.1. The molecule has 9 heteroatoms. The number of nitro benzene ring substituents is 1. The largest absolute Gasteiger partial charge is 0.420 e. The molecule has 0 fully saturated rings. The number of nitrogens with zero attached hydrogens (tertiary/aromatic N) is 2. The highest BCUT2D eigenvalue weighted by Crippen LogP contribution is 2.20. The molecule has 0 radical (unpaired) electrons. The molecule has 0 aliphatic rings. The molecule has 0 atom stereocenters. The summed E-state index contributed by atoms with van der Waals surface area (Å²) < 4.78 is 19.0. The fraction of sp³-hybridized carbons (Fsp3) is 0.0667. The smallest absolute Gasteiger partial charge is 0.408 e. The van der Waals surface area contributed by atoms with Crippen molar-refractivity contribution in [1.29, 1.82) is 0 Å². The Labute approximate surface area is 133 Å². The van der Waals surface area contributed by atoms with Gasteiger partial charge in [0, 0.05) is 17.8 Å². The predicted molar refractivity (Wildman–Crippen MR) is 82.2 cm³/mol. The monoisotopic (exact) mass is 331 g/mol. The molecule has 0 bridgehead atoms. The maximum Gasteiger partial charge on any atom is 0.420 e. The minimum Gasteiger partial charge on any atom is -0.408 e. The van der Waals surface area contributed by atoms with E-state index in [0.717, 1.165) is 16.7 Å². The highest BCUT2D eigenvalue weighted by Gasteiger charge is 2.16. The molecule has 0 aliphatic carbocycles. The van der Waals surface area contributed by atoms with E-state index in [4.69, 9.17) is 4.42 Å². The van der Waals surface area contributed by atoms with E-state index in [9.17, 15) is 24.1 Å². The van der Waals surface area contributed by atoms with E-state index in [1.807, 2.05) is 0 Å². The van der Waals surface area contributed by atoms with E-state index >= 15 is 0 Å². The fourth-order valence-electron chi connectivity index (χ4n) is 2.22. The van der Waals surface area contributed by atoms with Crippen molar-refractivity contribution in [3.05, 3.63) is 68.9 Å². The molecular weight excluding hydrogens is 321 g/mol. The van der Waals surface area contributed by atoms with Crippen LogP contribution in [-0.4, -0.2) is 15.4 Å². The average molecular weight is 331 g/mol. The Morgan fingerprint density at radius 3 is 2.79 bits per heavy atom. The summed E-state index contributed by atoms with van der Waals surface area (Å²) in [5.41, 5.74) is 0.252. The van der Waals surface area contributed by atoms with Crippen molar-refractivity contribution in [2.45, 2.75) is 6.54 Å². The first-order valence-corrected chi connectivity index (χ1v) is 6.77. The lowest BCUT2D eigenvalue weighted by Gasteiger charge is -2.05. The number of nitro groups is 1. The molecule has 3 rings (SSSR count). The van der Waals surface area contributed by atoms with Crippen LogP contribution in [0.2, 0.25) is 0 Å². The van der Waals surface area contributed by atoms with Crippen molar-refractivity contribution in [3.63, 3.8) is 0 Å². The summed E-state index contributed by atoms with van der Waals surface area (Å²) in [6, 6.07) is 8.89. The van der Waals surface area contributed by atoms with Gasteiger partial charge in [0.05, 0.1) is 10.4 Å². The number of oxazole rings is 1. The minimum absolute atomic E-state index is 0.128. The average Bonchev–Trinajstić information content (AvgIpc) is 2.82. The minimum atomic E-state index is -0.820. The second kappa shape index (κ2) is 5.95. The summed E-state index contributed by atoms with van der Waals surface area (Å²) in [6.07, 6.45) is 0. The number of nitrogens with one attached hydrogen (secondary N) is 1. The van der Waals surface area contributed by atoms with Crippen LogP contribution in [-0.2, 0) is 11.3 Å². The van der Waals surface area contributed by atoms with Crippen molar-refractivity contribution in [1.82, 2.24) is 4.57 Å². The number of aromatic nitrogens is 1. The van der Waals surface area contributed by atoms with Gasteiger partial charge in [-0.25, -0.2) is 9.18 Å². The Bertz CT molecular complexity index is 1010. The van der Waals surface area contributed by atoms with Crippen LogP contribution in [0.4, 0.5) is 15.8 Å². The number of halogens is 1. The molecule has 1 aromatic heterocycles. The lowest BCUT2D eigenvalue weighted by Crippen LogP contribution is -2.24. The van der Waals surface area contributed by atoms with E-state index in [1.54, 1.807) is 0 Å². The molecule has 3 aromatic rings. The highest BCUT2D eigenvalue weighted by molar-refractivity contribution is 5.91. The quantitative estimate of drug-likeness (QED) is 0.583. The molecule has 122 valence electrons. The highest BCUT2D eigenvalue weighted by atomic mass is 19.1. The topological polar surface area (TPSA) is 107 Å². The van der Waals surface area contributed by atoms with Gasteiger partial charge in [0.2, 0.25) is 5.91 Å². The number of non-ortho nitro benzene ring substituents is 1. The van der Waals surface area contributed by atoms with Crippen LogP contribution in [0.15, 0.2) is 51.7 Å². The van der Waals surface area contributed by atoms with E-state index in [2.05, 4.69) is 5.32 Å². The van der Waals surface area contributed by atoms with Crippen molar-refractivity contribution in [2.24, 2.45) is 0 Å². The number of anilines is 1. The normalized spacial score (nSPS) is 10.7. The third-order valence-electron chi connectivity index (χ3n) is 3.27. The second-order valence-corrected chi connectivity index (χ2v) is 4.92. The number of carbonyl (C=O) groups excluding carboxylic acids is 1. The van der Waals surface area contributed by atoms with Crippen LogP contribution in [0.5, 0.6) is 0 Å². The Balaban J connectivity index is 1.90. The van der Waals surface area contributed by atoms with E-state index in [-0.39, 0.29) is 22.5 Å². The summed E-state index contributed by atoms with van der Waals surface area (Å²) in [5.74, 6) is -1.94. The molecule has 0 aliphatic heterocycles. The van der Waals surface area contributed by atoms with Crippen LogP contribution in [0.25, 0.3) is 11.1 Å². The van der Waals surface area contributed by atoms with Gasteiger partial charge in [-0.2, -0.15) is 0 Å². The van der Waals surface area contributed by atoms with Crippen molar-refractivity contribution >= 4 is 28.4 Å². The zero-order chi connectivity index (χ0) is 17.3. The van der Waals surface area contributed by atoms with Crippen LogP contribution >= 0.6 is 0 Å². The molecule has 0 spiro atoms. The van der Waals surface area contributed by atoms with Gasteiger partial charge in [0.1, 0.15) is 12.4 Å². The van der Waals surface area contributed by atoms with Crippen molar-refractivity contribution < 1.29 is 18.5 Å². The molecule has 0 unspecified atom stereocenters. The van der Waals surface area contributed by atoms with Crippen LogP contribution in [0.3, 0.4) is 0 Å². The lowest BCUT2D eigenvalue weighted by atomic mass is 10.3. The van der Waals surface area contributed by atoms with Crippen LogP contribution < -0.4 is 11.1 Å². The molecule has 24 heavy (non-hydrogen) atoms. The van der Waals surface area contributed by atoms with Crippen molar-refractivity contribution in [3.8, 4) is 0 Å². The Morgan fingerprint density at radius 1 is 1.29 bits per heavy atom. The van der Waals surface area contributed by atoms with Gasteiger partial charge < -0.3 is 9.73 Å². The van der Waals surface area contributed by atoms with Gasteiger partial charge in [-0.05, 0) is 24.3 Å². The Morgan fingerprint density at radius 2 is 2.08 bits per heavy atom. The first-order chi connectivity index (χ1) is 11.4. The first-order valence-electron chi connectivity index (χ1n) is 6.77. The molecular formula is C15H10FN3O5. The fourth-order valence-corrected chi connectivity index (χ4v) is 2.22. The lowest BCUT2D eigenvalue weighted by molar-refractivity contribution is -0.384. The van der Waals surface area contributed by atoms with E-state index in [1.165, 1.54) is 30.3 Å². The summed E-state index contributed by atoms with van der Waals surface area (Å²) in [7, 11) is 0. The number of fused-ring (bicyclic) bond motifs is 1. The summed E-state index contributed by atoms with van der Waals surface area (Å²) >= 11 is 0. The van der Waals surface area contributed by atoms with Gasteiger partial charge in [-0.1, -0.05) is 6.07 Å². The zero-order valence-electron chi connectivity index (χ0n) is 12.1. The molecule has 2 aromatic carbocycles. The molecule has 0 saturated carbocycles. The van der Waals surface area contributed by atoms with Crippen LogP contribution in [0.1, 0.15) is 0 Å². The van der Waals surface area contributed by atoms with Gasteiger partial charge in [0.25, 0.3) is 5.69 Å². The third-order valence-corrected chi connectivity index (χ3v) is 3.27. The number of hydrogen-bond donors (Lipinski definition) is 1. The van der Waals surface area contributed by atoms with Gasteiger partial charge >= 0.3 is 5.76 Å². The summed E-state index contributed by atoms with van der Waals surface area (Å²) in [5, 5.41) is 13.3. The molecule has 8 nitrogen and oxygen atoms in total. The summed E-state index contributed by atoms with van der Waals surface area (Å²) in [6.45, 7) is -0.427. The van der Waals surface area contributed by atoms with E-state index in [0.29, 0.717) is 0 Å². The first kappa shape index (κ1) is 15.4. The van der Waals surface area contributed by atoms with Crippen molar-refractivity contribution in [2.75, 3.05) is 5.32 Å². The number of rotatable bonds is 4. The zero-order valence-corrected chi connectivity index (χ0v) is 12.1. The molecule has 1 heterocycles. The van der Waals surface area contributed by atoms with Gasteiger partial charge in [0.15, 0.2) is 5.58 Å². The number of hydrogen-bond acceptors (Lipinski definition) is 5. The number of benzene rings is 2. The summed E-state index contributed by atoms with van der Waals surface area (Å²) in [4.78, 5) is 34.1. The molecule has 0 saturated heterocycles. The van der Waals surface area contributed by atoms with Crippen LogP contribution in [0, 0.1) is 15.9 Å². The number of carbonyl (C=O) groups is 1. The third kappa shape index (κ3) is 3.00. The molecule has 1 amide bonds. The Hall–Kier alpha value is -3.49. The SMILES string of the molecule is O=C(Cn1c(=O)oc2ccc([N+](=O)[O-])cc21)Nc1cccc(F)c1. The predicted octanol–water partition coefficient (Wildman–Crippen LogP) is 2.28. The standard InChI is InChI=1S/C15H10FN3O5/c16-9-2-1-3-10(6-9)17-14(20)8-18-12-7-11(19(22)23)4-5-13(12)24-15(18)21/h1-7H,8H2,(H,17,20). The van der Waals surface area contributed by atoms with Gasteiger partial charge in [-0.15, -0.1) is 0 Å². The second-order valence-electron chi connectivity index (χ2n) is 4.92. The Kier molecular flexibility index (Phi) is 3.82. The van der Waals surface area contributed by atoms with E-state index < -0.39 is 28.9 Å². The number of amides is 1.